The van der Waals surface area contributed by atoms with Crippen molar-refractivity contribution in [1.82, 2.24) is 4.57 Å². The molecule has 0 saturated carbocycles. The van der Waals surface area contributed by atoms with Crippen LogP contribution in [0.5, 0.6) is 5.75 Å². The van der Waals surface area contributed by atoms with Crippen LogP contribution in [-0.4, -0.2) is 17.0 Å². The second-order valence-corrected chi connectivity index (χ2v) is 5.67. The van der Waals surface area contributed by atoms with Gasteiger partial charge in [0.15, 0.2) is 6.61 Å². The Morgan fingerprint density at radius 3 is 2.67 bits per heavy atom. The maximum atomic E-state index is 13.2. The topological polar surface area (TPSA) is 31.2 Å². The zero-order valence-corrected chi connectivity index (χ0v) is 13.8. The van der Waals surface area contributed by atoms with Gasteiger partial charge in [-0.25, -0.2) is 4.39 Å². The van der Waals surface area contributed by atoms with E-state index in [1.54, 1.807) is 6.07 Å². The molecule has 0 bridgehead atoms. The first kappa shape index (κ1) is 15.8. The van der Waals surface area contributed by atoms with Crippen LogP contribution in [-0.2, 0) is 6.54 Å². The molecule has 0 N–H and O–H groups in total. The molecule has 0 atom stereocenters. The van der Waals surface area contributed by atoms with Gasteiger partial charge in [-0.3, -0.25) is 4.79 Å². The van der Waals surface area contributed by atoms with Crippen LogP contribution < -0.4 is 4.74 Å². The largest absolute Gasteiger partial charge is 0.484 e. The Balaban J connectivity index is 2.14. The van der Waals surface area contributed by atoms with Crippen LogP contribution in [0.3, 0.4) is 0 Å². The molecule has 0 fully saturated rings. The maximum absolute atomic E-state index is 13.2. The minimum Gasteiger partial charge on any atom is -0.484 e. The molecular weight excluding hydrogens is 337 g/mol. The standard InChI is InChI=1S/C16H17BrFNO2/c1-4-19-10(2)7-13(11(19)3)15(20)9-21-16-8-12(18)5-6-14(16)17/h5-8H,4,9H2,1-3H3. The van der Waals surface area contributed by atoms with Crippen LogP contribution in [0.2, 0.25) is 0 Å². The van der Waals surface area contributed by atoms with E-state index in [0.29, 0.717) is 15.8 Å². The number of rotatable bonds is 5. The Morgan fingerprint density at radius 2 is 2.05 bits per heavy atom. The molecule has 0 aliphatic rings. The van der Waals surface area contributed by atoms with E-state index in [1.807, 2.05) is 26.8 Å². The Labute approximate surface area is 131 Å². The van der Waals surface area contributed by atoms with Crippen molar-refractivity contribution in [2.75, 3.05) is 6.61 Å². The molecule has 21 heavy (non-hydrogen) atoms. The summed E-state index contributed by atoms with van der Waals surface area (Å²) in [5.74, 6) is -0.184. The minimum absolute atomic E-state index is 0.112. The smallest absolute Gasteiger partial charge is 0.202 e. The number of halogens is 2. The highest BCUT2D eigenvalue weighted by Gasteiger charge is 2.16. The van der Waals surface area contributed by atoms with Crippen LogP contribution in [0.25, 0.3) is 0 Å². The van der Waals surface area contributed by atoms with E-state index >= 15 is 0 Å². The number of Topliss-reactive ketones (excluding diaryl/α,β-unsaturated/α-hetero) is 1. The van der Waals surface area contributed by atoms with Gasteiger partial charge in [0.25, 0.3) is 0 Å². The Kier molecular flexibility index (Phi) is 4.83. The van der Waals surface area contributed by atoms with Gasteiger partial charge < -0.3 is 9.30 Å². The summed E-state index contributed by atoms with van der Waals surface area (Å²) in [6.07, 6.45) is 0. The average Bonchev–Trinajstić information content (AvgIpc) is 2.74. The van der Waals surface area contributed by atoms with E-state index < -0.39 is 5.82 Å². The SMILES string of the molecule is CCn1c(C)cc(C(=O)COc2cc(F)ccc2Br)c1C. The molecule has 3 nitrogen and oxygen atoms in total. The molecule has 0 amide bonds. The Hall–Kier alpha value is -1.62. The van der Waals surface area contributed by atoms with Gasteiger partial charge in [-0.15, -0.1) is 0 Å². The number of benzene rings is 1. The van der Waals surface area contributed by atoms with Gasteiger partial charge in [-0.1, -0.05) is 0 Å². The van der Waals surface area contributed by atoms with Crippen molar-refractivity contribution in [2.24, 2.45) is 0 Å². The molecule has 0 aliphatic carbocycles. The number of carbonyl (C=O) groups is 1. The number of hydrogen-bond donors (Lipinski definition) is 0. The summed E-state index contributed by atoms with van der Waals surface area (Å²) in [5, 5.41) is 0. The lowest BCUT2D eigenvalue weighted by atomic mass is 10.1. The molecule has 0 aliphatic heterocycles. The summed E-state index contributed by atoms with van der Waals surface area (Å²) < 4.78 is 21.3. The molecular formula is C16H17BrFNO2. The van der Waals surface area contributed by atoms with Gasteiger partial charge in [0.2, 0.25) is 5.78 Å². The molecule has 1 heterocycles. The van der Waals surface area contributed by atoms with Crippen molar-refractivity contribution >= 4 is 21.7 Å². The monoisotopic (exact) mass is 353 g/mol. The van der Waals surface area contributed by atoms with Crippen molar-refractivity contribution in [1.29, 1.82) is 0 Å². The quantitative estimate of drug-likeness (QED) is 0.750. The molecule has 0 unspecified atom stereocenters. The van der Waals surface area contributed by atoms with Gasteiger partial charge in [-0.2, -0.15) is 0 Å². The van der Waals surface area contributed by atoms with E-state index in [0.717, 1.165) is 17.9 Å². The fourth-order valence-corrected chi connectivity index (χ4v) is 2.74. The predicted octanol–water partition coefficient (Wildman–Crippen LogP) is 4.29. The first-order valence-corrected chi connectivity index (χ1v) is 7.51. The number of aryl methyl sites for hydroxylation is 1. The van der Waals surface area contributed by atoms with Crippen molar-refractivity contribution < 1.29 is 13.9 Å². The lowest BCUT2D eigenvalue weighted by molar-refractivity contribution is 0.0920. The normalized spacial score (nSPS) is 10.7. The number of hydrogen-bond acceptors (Lipinski definition) is 2. The van der Waals surface area contributed by atoms with Gasteiger partial charge in [0.05, 0.1) is 4.47 Å². The molecule has 0 radical (unpaired) electrons. The van der Waals surface area contributed by atoms with Crippen molar-refractivity contribution in [3.05, 3.63) is 51.5 Å². The second kappa shape index (κ2) is 6.43. The number of carbonyl (C=O) groups excluding carboxylic acids is 1. The van der Waals surface area contributed by atoms with E-state index in [9.17, 15) is 9.18 Å². The summed E-state index contributed by atoms with van der Waals surface area (Å²) in [7, 11) is 0. The van der Waals surface area contributed by atoms with Crippen LogP contribution in [0.4, 0.5) is 4.39 Å². The summed E-state index contributed by atoms with van der Waals surface area (Å²) in [6.45, 7) is 6.63. The summed E-state index contributed by atoms with van der Waals surface area (Å²) >= 11 is 3.27. The molecule has 112 valence electrons. The summed E-state index contributed by atoms with van der Waals surface area (Å²) in [6, 6.07) is 6.00. The fourth-order valence-electron chi connectivity index (χ4n) is 2.38. The lowest BCUT2D eigenvalue weighted by Gasteiger charge is -2.08. The second-order valence-electron chi connectivity index (χ2n) is 4.82. The third-order valence-corrected chi connectivity index (χ3v) is 4.10. The van der Waals surface area contributed by atoms with Crippen LogP contribution >= 0.6 is 15.9 Å². The number of ketones is 1. The number of aromatic nitrogens is 1. The highest BCUT2D eigenvalue weighted by Crippen LogP contribution is 2.26. The molecule has 5 heteroatoms. The third-order valence-electron chi connectivity index (χ3n) is 3.44. The third kappa shape index (κ3) is 3.35. The molecule has 0 saturated heterocycles. The van der Waals surface area contributed by atoms with Crippen molar-refractivity contribution in [2.45, 2.75) is 27.3 Å². The lowest BCUT2D eigenvalue weighted by Crippen LogP contribution is -2.13. The zero-order valence-electron chi connectivity index (χ0n) is 12.2. The highest BCUT2D eigenvalue weighted by atomic mass is 79.9. The van der Waals surface area contributed by atoms with Gasteiger partial charge >= 0.3 is 0 Å². The Bertz CT molecular complexity index is 679. The van der Waals surface area contributed by atoms with Gasteiger partial charge in [-0.05, 0) is 54.9 Å². The first-order valence-electron chi connectivity index (χ1n) is 6.71. The van der Waals surface area contributed by atoms with E-state index in [4.69, 9.17) is 4.74 Å². The van der Waals surface area contributed by atoms with E-state index in [1.165, 1.54) is 12.1 Å². The molecule has 2 aromatic rings. The van der Waals surface area contributed by atoms with E-state index in [-0.39, 0.29) is 12.4 Å². The zero-order chi connectivity index (χ0) is 15.6. The minimum atomic E-state index is -0.398. The molecule has 2 rings (SSSR count). The van der Waals surface area contributed by atoms with Crippen molar-refractivity contribution in [3.8, 4) is 5.75 Å². The molecule has 0 spiro atoms. The number of nitrogens with zero attached hydrogens (tertiary/aromatic N) is 1. The van der Waals surface area contributed by atoms with E-state index in [2.05, 4.69) is 20.5 Å². The average molecular weight is 354 g/mol. The summed E-state index contributed by atoms with van der Waals surface area (Å²) in [5.41, 5.74) is 2.63. The van der Waals surface area contributed by atoms with Crippen molar-refractivity contribution in [3.63, 3.8) is 0 Å². The highest BCUT2D eigenvalue weighted by molar-refractivity contribution is 9.10. The molecule has 1 aromatic heterocycles. The fraction of sp³-hybridized carbons (Fsp3) is 0.312. The van der Waals surface area contributed by atoms with Crippen LogP contribution in [0, 0.1) is 19.7 Å². The maximum Gasteiger partial charge on any atom is 0.202 e. The first-order chi connectivity index (χ1) is 9.93. The molecule has 1 aromatic carbocycles. The predicted molar refractivity (Wildman–Crippen MR) is 83.5 cm³/mol. The van der Waals surface area contributed by atoms with Crippen LogP contribution in [0.1, 0.15) is 28.7 Å². The summed E-state index contributed by atoms with van der Waals surface area (Å²) in [4.78, 5) is 12.3. The van der Waals surface area contributed by atoms with Gasteiger partial charge in [0, 0.05) is 29.6 Å². The number of ether oxygens (including phenoxy) is 1. The van der Waals surface area contributed by atoms with Crippen LogP contribution in [0.15, 0.2) is 28.7 Å². The van der Waals surface area contributed by atoms with Gasteiger partial charge in [0.1, 0.15) is 11.6 Å². The Morgan fingerprint density at radius 1 is 1.33 bits per heavy atom.